The molecule has 152 valence electrons. The Balaban J connectivity index is 1.93. The maximum absolute atomic E-state index is 12.6. The average Bonchev–Trinajstić information content (AvgIpc) is 2.69. The van der Waals surface area contributed by atoms with Gasteiger partial charge >= 0.3 is 5.97 Å². The van der Waals surface area contributed by atoms with E-state index in [0.29, 0.717) is 42.8 Å². The molecule has 0 aliphatic carbocycles. The van der Waals surface area contributed by atoms with Crippen molar-refractivity contribution < 1.29 is 9.53 Å². The Morgan fingerprint density at radius 3 is 2.59 bits per heavy atom. The molecule has 0 spiro atoms. The van der Waals surface area contributed by atoms with Crippen LogP contribution >= 0.6 is 46.6 Å². The molecular weight excluding hydrogens is 451 g/mol. The summed E-state index contributed by atoms with van der Waals surface area (Å²) in [5, 5.41) is 5.38. The van der Waals surface area contributed by atoms with Gasteiger partial charge in [-0.1, -0.05) is 70.8 Å². The van der Waals surface area contributed by atoms with E-state index in [4.69, 9.17) is 44.5 Å². The zero-order valence-corrected chi connectivity index (χ0v) is 18.9. The van der Waals surface area contributed by atoms with Crippen LogP contribution in [0.3, 0.4) is 0 Å². The van der Waals surface area contributed by atoms with Gasteiger partial charge in [0.1, 0.15) is 6.04 Å². The van der Waals surface area contributed by atoms with Gasteiger partial charge in [0.15, 0.2) is 5.17 Å². The van der Waals surface area contributed by atoms with Gasteiger partial charge in [-0.05, 0) is 37.6 Å². The van der Waals surface area contributed by atoms with Crippen LogP contribution in [0.5, 0.6) is 0 Å². The van der Waals surface area contributed by atoms with E-state index in [1.54, 1.807) is 19.1 Å². The molecule has 2 aromatic carbocycles. The fraction of sp³-hybridized carbons (Fsp3) is 0.238. The van der Waals surface area contributed by atoms with Crippen LogP contribution in [-0.2, 0) is 15.3 Å². The zero-order chi connectivity index (χ0) is 21.0. The topological polar surface area (TPSA) is 50.7 Å². The Morgan fingerprint density at radius 1 is 1.17 bits per heavy atom. The second kappa shape index (κ2) is 9.90. The highest BCUT2D eigenvalue weighted by Gasteiger charge is 2.32. The molecule has 0 saturated heterocycles. The second-order valence-corrected chi connectivity index (χ2v) is 8.46. The van der Waals surface area contributed by atoms with E-state index in [0.717, 1.165) is 5.56 Å². The van der Waals surface area contributed by atoms with Crippen LogP contribution in [0.1, 0.15) is 31.0 Å². The predicted molar refractivity (Wildman–Crippen MR) is 122 cm³/mol. The number of carbonyl (C=O) groups excluding carboxylic acids is 1. The molecule has 1 atom stereocenters. The first kappa shape index (κ1) is 22.0. The van der Waals surface area contributed by atoms with Crippen molar-refractivity contribution in [1.29, 1.82) is 0 Å². The summed E-state index contributed by atoms with van der Waals surface area (Å²) in [4.78, 5) is 17.4. The van der Waals surface area contributed by atoms with Crippen LogP contribution in [0, 0.1) is 0 Å². The summed E-state index contributed by atoms with van der Waals surface area (Å²) in [7, 11) is 0. The number of nitrogens with one attached hydrogen (secondary N) is 1. The normalized spacial score (nSPS) is 16.3. The first-order valence-electron chi connectivity index (χ1n) is 8.94. The average molecular weight is 470 g/mol. The first-order chi connectivity index (χ1) is 13.9. The monoisotopic (exact) mass is 468 g/mol. The molecule has 0 saturated carbocycles. The molecule has 1 heterocycles. The van der Waals surface area contributed by atoms with Crippen molar-refractivity contribution >= 4 is 57.7 Å². The molecule has 29 heavy (non-hydrogen) atoms. The van der Waals surface area contributed by atoms with Crippen molar-refractivity contribution in [2.75, 3.05) is 6.61 Å². The van der Waals surface area contributed by atoms with Crippen LogP contribution in [0.4, 0.5) is 0 Å². The number of halogens is 3. The van der Waals surface area contributed by atoms with Crippen LogP contribution in [0.2, 0.25) is 15.1 Å². The van der Waals surface area contributed by atoms with Gasteiger partial charge in [0.25, 0.3) is 0 Å². The van der Waals surface area contributed by atoms with Gasteiger partial charge in [-0.25, -0.2) is 9.79 Å². The number of carbonyl (C=O) groups is 1. The summed E-state index contributed by atoms with van der Waals surface area (Å²) in [5.74, 6) is 0.269. The molecule has 0 radical (unpaired) electrons. The number of aliphatic imine (C=N–C) groups is 1. The molecule has 3 rings (SSSR count). The fourth-order valence-corrected chi connectivity index (χ4v) is 4.32. The largest absolute Gasteiger partial charge is 0.463 e. The smallest absolute Gasteiger partial charge is 0.338 e. The van der Waals surface area contributed by atoms with Crippen LogP contribution in [-0.4, -0.2) is 17.7 Å². The molecule has 8 heteroatoms. The lowest BCUT2D eigenvalue weighted by molar-refractivity contribution is -0.138. The molecule has 4 nitrogen and oxygen atoms in total. The highest BCUT2D eigenvalue weighted by atomic mass is 35.5. The first-order valence-corrected chi connectivity index (χ1v) is 11.1. The number of hydrogen-bond acceptors (Lipinski definition) is 5. The lowest BCUT2D eigenvalue weighted by atomic mass is 9.96. The van der Waals surface area contributed by atoms with Gasteiger partial charge in [-0.15, -0.1) is 0 Å². The van der Waals surface area contributed by atoms with Crippen molar-refractivity contribution in [2.24, 2.45) is 4.99 Å². The van der Waals surface area contributed by atoms with Crippen molar-refractivity contribution in [3.8, 4) is 0 Å². The van der Waals surface area contributed by atoms with E-state index in [1.807, 2.05) is 37.3 Å². The highest BCUT2D eigenvalue weighted by molar-refractivity contribution is 8.13. The standard InChI is InChI=1S/C21H19Cl3N2O2S/c1-3-28-20(27)17-12(2)25-21(29-11-13-7-9-14(22)10-8-13)26-19(17)15-5-4-6-16(23)18(15)24/h4-10,19H,3,11H2,1-2H3,(H,25,26)/t19-/m0/s1. The van der Waals surface area contributed by atoms with Crippen molar-refractivity contribution in [1.82, 2.24) is 5.32 Å². The van der Waals surface area contributed by atoms with E-state index in [9.17, 15) is 4.79 Å². The molecule has 0 bridgehead atoms. The number of ether oxygens (including phenoxy) is 1. The predicted octanol–water partition coefficient (Wildman–Crippen LogP) is 6.42. The SMILES string of the molecule is CCOC(=O)C1=C(C)NC(SCc2ccc(Cl)cc2)=N[C@H]1c1cccc(Cl)c1Cl. The third-order valence-electron chi connectivity index (χ3n) is 4.28. The van der Waals surface area contributed by atoms with E-state index in [2.05, 4.69) is 5.32 Å². The van der Waals surface area contributed by atoms with Crippen molar-refractivity contribution in [3.63, 3.8) is 0 Å². The Labute approximate surface area is 189 Å². The highest BCUT2D eigenvalue weighted by Crippen LogP contribution is 2.39. The number of amidine groups is 1. The number of rotatable bonds is 5. The van der Waals surface area contributed by atoms with E-state index < -0.39 is 12.0 Å². The van der Waals surface area contributed by atoms with Crippen LogP contribution in [0.15, 0.2) is 58.7 Å². The summed E-state index contributed by atoms with van der Waals surface area (Å²) in [6.45, 7) is 3.87. The number of allylic oxidation sites excluding steroid dienone is 1. The van der Waals surface area contributed by atoms with Crippen molar-refractivity contribution in [2.45, 2.75) is 25.6 Å². The number of nitrogens with zero attached hydrogens (tertiary/aromatic N) is 1. The van der Waals surface area contributed by atoms with Crippen LogP contribution < -0.4 is 5.32 Å². The number of hydrogen-bond donors (Lipinski definition) is 1. The van der Waals surface area contributed by atoms with Gasteiger partial charge in [0.05, 0.1) is 22.2 Å². The molecule has 0 fully saturated rings. The Kier molecular flexibility index (Phi) is 7.52. The van der Waals surface area contributed by atoms with E-state index >= 15 is 0 Å². The minimum atomic E-state index is -0.603. The lowest BCUT2D eigenvalue weighted by Gasteiger charge is -2.26. The fourth-order valence-electron chi connectivity index (χ4n) is 2.88. The maximum Gasteiger partial charge on any atom is 0.338 e. The molecular formula is C21H19Cl3N2O2S. The second-order valence-electron chi connectivity index (χ2n) is 6.28. The van der Waals surface area contributed by atoms with E-state index in [-0.39, 0.29) is 6.61 Å². The summed E-state index contributed by atoms with van der Waals surface area (Å²) in [6, 6.07) is 12.4. The summed E-state index contributed by atoms with van der Waals surface area (Å²) in [5.41, 5.74) is 2.87. The van der Waals surface area contributed by atoms with Crippen LogP contribution in [0.25, 0.3) is 0 Å². The Morgan fingerprint density at radius 2 is 1.90 bits per heavy atom. The van der Waals surface area contributed by atoms with Gasteiger partial charge in [0, 0.05) is 22.0 Å². The van der Waals surface area contributed by atoms with Gasteiger partial charge in [-0.3, -0.25) is 0 Å². The number of benzene rings is 2. The molecule has 0 amide bonds. The molecule has 2 aromatic rings. The van der Waals surface area contributed by atoms with Gasteiger partial charge in [-0.2, -0.15) is 0 Å². The zero-order valence-electron chi connectivity index (χ0n) is 15.8. The third-order valence-corrected chi connectivity index (χ3v) is 6.32. The number of thioether (sulfide) groups is 1. The molecule has 1 N–H and O–H groups in total. The summed E-state index contributed by atoms with van der Waals surface area (Å²) in [6.07, 6.45) is 0. The Hall–Kier alpha value is -1.66. The molecule has 0 unspecified atom stereocenters. The molecule has 1 aliphatic heterocycles. The summed E-state index contributed by atoms with van der Waals surface area (Å²) >= 11 is 20.1. The summed E-state index contributed by atoms with van der Waals surface area (Å²) < 4.78 is 5.25. The number of esters is 1. The van der Waals surface area contributed by atoms with Gasteiger partial charge in [0.2, 0.25) is 0 Å². The third kappa shape index (κ3) is 5.28. The molecule has 0 aromatic heterocycles. The quantitative estimate of drug-likeness (QED) is 0.513. The van der Waals surface area contributed by atoms with Gasteiger partial charge < -0.3 is 10.1 Å². The van der Waals surface area contributed by atoms with Crippen molar-refractivity contribution in [3.05, 3.63) is 79.9 Å². The minimum absolute atomic E-state index is 0.271. The minimum Gasteiger partial charge on any atom is -0.463 e. The molecule has 1 aliphatic rings. The lowest BCUT2D eigenvalue weighted by Crippen LogP contribution is -2.30. The maximum atomic E-state index is 12.6. The Bertz CT molecular complexity index is 974. The van der Waals surface area contributed by atoms with E-state index in [1.165, 1.54) is 11.8 Å².